The zero-order chi connectivity index (χ0) is 24.3. The van der Waals surface area contributed by atoms with Gasteiger partial charge in [-0.2, -0.15) is 0 Å². The third-order valence-electron chi connectivity index (χ3n) is 6.60. The van der Waals surface area contributed by atoms with E-state index in [0.29, 0.717) is 37.9 Å². The van der Waals surface area contributed by atoms with Gasteiger partial charge in [-0.15, -0.1) is 0 Å². The molecule has 5 rings (SSSR count). The average Bonchev–Trinajstić information content (AvgIpc) is 2.87. The van der Waals surface area contributed by atoms with Crippen LogP contribution in [0.4, 0.5) is 5.69 Å². The maximum absolute atomic E-state index is 13.1. The highest BCUT2D eigenvalue weighted by Crippen LogP contribution is 2.29. The van der Waals surface area contributed by atoms with E-state index in [4.69, 9.17) is 0 Å². The van der Waals surface area contributed by atoms with Gasteiger partial charge in [0.2, 0.25) is 0 Å². The van der Waals surface area contributed by atoms with Crippen molar-refractivity contribution in [3.8, 4) is 0 Å². The zero-order valence-corrected chi connectivity index (χ0v) is 20.6. The number of piperidine rings is 1. The van der Waals surface area contributed by atoms with E-state index >= 15 is 0 Å². The quantitative estimate of drug-likeness (QED) is 0.336. The number of carbonyl (C=O) groups excluding carboxylic acids is 1. The average molecular weight is 484 g/mol. The smallest absolute Gasteiger partial charge is 0.253 e. The molecule has 178 valence electrons. The van der Waals surface area contributed by atoms with E-state index in [2.05, 4.69) is 47.0 Å². The van der Waals surface area contributed by atoms with Crippen molar-refractivity contribution in [1.82, 2.24) is 9.88 Å². The van der Waals surface area contributed by atoms with Crippen molar-refractivity contribution in [3.63, 3.8) is 0 Å². The minimum Gasteiger partial charge on any atom is -0.389 e. The van der Waals surface area contributed by atoms with Crippen molar-refractivity contribution in [2.45, 2.75) is 36.7 Å². The summed E-state index contributed by atoms with van der Waals surface area (Å²) in [6, 6.07) is 26.0. The van der Waals surface area contributed by atoms with Gasteiger partial charge in [-0.3, -0.25) is 9.78 Å². The third-order valence-corrected chi connectivity index (χ3v) is 7.49. The molecule has 35 heavy (non-hydrogen) atoms. The number of carbonyl (C=O) groups is 1. The minimum atomic E-state index is -0.758. The Labute approximate surface area is 210 Å². The predicted octanol–water partition coefficient (Wildman–Crippen LogP) is 5.87. The van der Waals surface area contributed by atoms with Crippen LogP contribution in [0.5, 0.6) is 0 Å². The third kappa shape index (κ3) is 5.50. The Morgan fingerprint density at radius 3 is 2.54 bits per heavy atom. The first-order chi connectivity index (χ1) is 17.0. The van der Waals surface area contributed by atoms with Gasteiger partial charge < -0.3 is 14.7 Å². The lowest BCUT2D eigenvalue weighted by molar-refractivity contribution is -0.0162. The van der Waals surface area contributed by atoms with E-state index in [9.17, 15) is 9.90 Å². The highest BCUT2D eigenvalue weighted by Gasteiger charge is 2.34. The van der Waals surface area contributed by atoms with E-state index in [1.807, 2.05) is 53.4 Å². The highest BCUT2D eigenvalue weighted by molar-refractivity contribution is 8.00. The number of hydrogen-bond acceptors (Lipinski definition) is 5. The van der Waals surface area contributed by atoms with Crippen molar-refractivity contribution in [2.75, 3.05) is 17.8 Å². The van der Waals surface area contributed by atoms with E-state index < -0.39 is 5.60 Å². The number of para-hydroxylation sites is 1. The van der Waals surface area contributed by atoms with Crippen LogP contribution in [0.15, 0.2) is 90.0 Å². The lowest BCUT2D eigenvalue weighted by Crippen LogP contribution is -2.47. The van der Waals surface area contributed by atoms with Gasteiger partial charge in [0, 0.05) is 42.3 Å². The first-order valence-electron chi connectivity index (χ1n) is 11.9. The largest absolute Gasteiger partial charge is 0.389 e. The van der Waals surface area contributed by atoms with Gasteiger partial charge in [-0.25, -0.2) is 0 Å². The number of benzene rings is 3. The summed E-state index contributed by atoms with van der Waals surface area (Å²) in [6.07, 6.45) is 3.60. The Kier molecular flexibility index (Phi) is 6.75. The molecule has 5 nitrogen and oxygen atoms in total. The molecule has 1 aromatic heterocycles. The van der Waals surface area contributed by atoms with Crippen LogP contribution >= 0.6 is 11.9 Å². The van der Waals surface area contributed by atoms with E-state index in [-0.39, 0.29) is 5.91 Å². The summed E-state index contributed by atoms with van der Waals surface area (Å²) < 4.78 is 3.36. The highest BCUT2D eigenvalue weighted by atomic mass is 32.2. The van der Waals surface area contributed by atoms with Crippen LogP contribution < -0.4 is 4.72 Å². The maximum Gasteiger partial charge on any atom is 0.253 e. The van der Waals surface area contributed by atoms with E-state index in [1.165, 1.54) is 17.5 Å². The summed E-state index contributed by atoms with van der Waals surface area (Å²) in [6.45, 7) is 3.19. The predicted molar refractivity (Wildman–Crippen MR) is 143 cm³/mol. The number of amides is 1. The van der Waals surface area contributed by atoms with Gasteiger partial charge in [0.05, 0.1) is 16.0 Å². The van der Waals surface area contributed by atoms with Crippen molar-refractivity contribution in [1.29, 1.82) is 0 Å². The fourth-order valence-electron chi connectivity index (χ4n) is 4.64. The Morgan fingerprint density at radius 2 is 1.77 bits per heavy atom. The molecule has 1 fully saturated rings. The summed E-state index contributed by atoms with van der Waals surface area (Å²) in [5.41, 5.74) is 4.14. The number of hydrogen-bond donors (Lipinski definition) is 2. The Morgan fingerprint density at radius 1 is 1.03 bits per heavy atom. The van der Waals surface area contributed by atoms with Crippen LogP contribution in [0.25, 0.3) is 10.9 Å². The van der Waals surface area contributed by atoms with Gasteiger partial charge in [-0.05, 0) is 73.7 Å². The Bertz CT molecular complexity index is 1330. The summed E-state index contributed by atoms with van der Waals surface area (Å²) in [7, 11) is 0. The number of rotatable bonds is 6. The van der Waals surface area contributed by atoms with Gasteiger partial charge in [0.15, 0.2) is 0 Å². The fraction of sp³-hybridized carbons (Fsp3) is 0.241. The van der Waals surface area contributed by atoms with Gasteiger partial charge >= 0.3 is 0 Å². The number of likely N-dealkylation sites (tertiary alicyclic amines) is 1. The molecule has 1 aliphatic heterocycles. The molecule has 0 saturated carbocycles. The zero-order valence-electron chi connectivity index (χ0n) is 19.8. The lowest BCUT2D eigenvalue weighted by atomic mass is 9.85. The molecule has 0 aliphatic carbocycles. The van der Waals surface area contributed by atoms with E-state index in [1.54, 1.807) is 6.20 Å². The van der Waals surface area contributed by atoms with Crippen LogP contribution in [0, 0.1) is 6.92 Å². The summed E-state index contributed by atoms with van der Waals surface area (Å²) >= 11 is 1.51. The number of pyridine rings is 1. The minimum absolute atomic E-state index is 0.0139. The van der Waals surface area contributed by atoms with Crippen molar-refractivity contribution in [3.05, 3.63) is 102 Å². The second-order valence-electron chi connectivity index (χ2n) is 9.30. The molecule has 3 aromatic carbocycles. The van der Waals surface area contributed by atoms with Crippen LogP contribution in [0.3, 0.4) is 0 Å². The molecule has 1 amide bonds. The molecule has 6 heteroatoms. The first kappa shape index (κ1) is 23.4. The second kappa shape index (κ2) is 10.1. The molecule has 1 aliphatic rings. The lowest BCUT2D eigenvalue weighted by Gasteiger charge is -2.38. The Hall–Kier alpha value is -3.35. The van der Waals surface area contributed by atoms with Gasteiger partial charge in [0.1, 0.15) is 0 Å². The van der Waals surface area contributed by atoms with Crippen LogP contribution in [0.1, 0.15) is 34.3 Å². The summed E-state index contributed by atoms with van der Waals surface area (Å²) in [5.74, 6) is 0.0139. The topological polar surface area (TPSA) is 65.5 Å². The SMILES string of the molecule is Cc1cccc(CC2(O)CCN(C(=O)c3ccc(NSc4cccc5cccnc45)cc3)CC2)c1. The van der Waals surface area contributed by atoms with Crippen molar-refractivity contribution < 1.29 is 9.90 Å². The van der Waals surface area contributed by atoms with E-state index in [0.717, 1.165) is 27.0 Å². The number of anilines is 1. The van der Waals surface area contributed by atoms with Gasteiger partial charge in [-0.1, -0.05) is 48.0 Å². The van der Waals surface area contributed by atoms with Crippen molar-refractivity contribution >= 4 is 34.4 Å². The summed E-state index contributed by atoms with van der Waals surface area (Å²) in [5, 5.41) is 12.2. The van der Waals surface area contributed by atoms with Crippen LogP contribution in [0.2, 0.25) is 0 Å². The fourth-order valence-corrected chi connectivity index (χ4v) is 5.42. The molecule has 0 spiro atoms. The van der Waals surface area contributed by atoms with Crippen LogP contribution in [-0.4, -0.2) is 39.6 Å². The monoisotopic (exact) mass is 483 g/mol. The number of fused-ring (bicyclic) bond motifs is 1. The standard InChI is InChI=1S/C29H29N3O2S/c1-21-5-2-6-22(19-21)20-29(34)14-17-32(18-15-29)28(33)24-10-12-25(13-11-24)31-35-26-9-3-7-23-8-4-16-30-27(23)26/h2-13,16,19,31,34H,14-15,17-18,20H2,1H3. The number of nitrogens with zero attached hydrogens (tertiary/aromatic N) is 2. The molecule has 2 heterocycles. The van der Waals surface area contributed by atoms with Crippen LogP contribution in [-0.2, 0) is 6.42 Å². The molecule has 0 atom stereocenters. The molecule has 4 aromatic rings. The second-order valence-corrected chi connectivity index (χ2v) is 10.1. The molecule has 2 N–H and O–H groups in total. The normalized spacial score (nSPS) is 15.2. The molecular formula is C29H29N3O2S. The molecular weight excluding hydrogens is 454 g/mol. The number of aromatic nitrogens is 1. The molecule has 1 saturated heterocycles. The van der Waals surface area contributed by atoms with Crippen molar-refractivity contribution in [2.24, 2.45) is 0 Å². The maximum atomic E-state index is 13.1. The number of aliphatic hydroxyl groups is 1. The van der Waals surface area contributed by atoms with Gasteiger partial charge in [0.25, 0.3) is 5.91 Å². The number of aryl methyl sites for hydroxylation is 1. The first-order valence-corrected chi connectivity index (χ1v) is 12.7. The summed E-state index contributed by atoms with van der Waals surface area (Å²) in [4.78, 5) is 20.5. The molecule has 0 unspecified atom stereocenters. The molecule has 0 radical (unpaired) electrons. The molecule has 0 bridgehead atoms. The number of nitrogens with one attached hydrogen (secondary N) is 1. The Balaban J connectivity index is 1.17.